The van der Waals surface area contributed by atoms with Crippen molar-refractivity contribution in [2.45, 2.75) is 0 Å². The fourth-order valence-electron chi connectivity index (χ4n) is 1.23. The summed E-state index contributed by atoms with van der Waals surface area (Å²) in [6.45, 7) is 0.931. The average molecular weight is 206 g/mol. The lowest BCUT2D eigenvalue weighted by Gasteiger charge is -2.15. The van der Waals surface area contributed by atoms with Crippen LogP contribution < -0.4 is 0 Å². The van der Waals surface area contributed by atoms with Gasteiger partial charge in [0.05, 0.1) is 12.5 Å². The van der Waals surface area contributed by atoms with E-state index in [1.807, 2.05) is 0 Å². The van der Waals surface area contributed by atoms with Gasteiger partial charge < -0.3 is 19.2 Å². The molecule has 78 valence electrons. The molecule has 1 N–H and O–H groups in total. The van der Waals surface area contributed by atoms with E-state index in [1.54, 1.807) is 24.3 Å². The predicted molar refractivity (Wildman–Crippen MR) is 55.4 cm³/mol. The van der Waals surface area contributed by atoms with Crippen molar-refractivity contribution < 1.29 is 19.2 Å². The molecule has 0 aromatic rings. The van der Waals surface area contributed by atoms with Gasteiger partial charge in [0.2, 0.25) is 0 Å². The van der Waals surface area contributed by atoms with E-state index in [4.69, 9.17) is 14.1 Å². The second kappa shape index (κ2) is 4.75. The van der Waals surface area contributed by atoms with Crippen LogP contribution in [-0.4, -0.2) is 25.4 Å². The zero-order chi connectivity index (χ0) is 10.5. The summed E-state index contributed by atoms with van der Waals surface area (Å²) in [7, 11) is -0.959. The molecule has 0 saturated carbocycles. The quantitative estimate of drug-likeness (QED) is 0.697. The number of rotatable bonds is 3. The number of allylic oxidation sites excluding steroid dienone is 3. The lowest BCUT2D eigenvalue weighted by Crippen LogP contribution is -2.21. The Kier molecular flexibility index (Phi) is 3.14. The third kappa shape index (κ3) is 2.67. The Labute approximate surface area is 88.3 Å². The van der Waals surface area contributed by atoms with Crippen molar-refractivity contribution in [3.8, 4) is 0 Å². The Balaban J connectivity index is 1.94. The molecular formula is C10H11BO4. The van der Waals surface area contributed by atoms with Gasteiger partial charge in [-0.25, -0.2) is 0 Å². The Morgan fingerprint density at radius 3 is 2.47 bits per heavy atom. The number of hydrogen-bond acceptors (Lipinski definition) is 4. The molecule has 2 heterocycles. The van der Waals surface area contributed by atoms with Gasteiger partial charge in [-0.1, -0.05) is 0 Å². The van der Waals surface area contributed by atoms with Gasteiger partial charge in [0.25, 0.3) is 0 Å². The summed E-state index contributed by atoms with van der Waals surface area (Å²) in [5.74, 6) is 0.606. The van der Waals surface area contributed by atoms with Crippen molar-refractivity contribution in [3.05, 3.63) is 48.1 Å². The highest BCUT2D eigenvalue weighted by molar-refractivity contribution is 6.53. The van der Waals surface area contributed by atoms with Gasteiger partial charge in [0.15, 0.2) is 0 Å². The first-order valence-corrected chi connectivity index (χ1v) is 4.67. The van der Waals surface area contributed by atoms with Crippen LogP contribution in [0, 0.1) is 0 Å². The van der Waals surface area contributed by atoms with Crippen LogP contribution in [0.4, 0.5) is 0 Å². The second-order valence-electron chi connectivity index (χ2n) is 3.05. The van der Waals surface area contributed by atoms with Crippen LogP contribution in [0.25, 0.3) is 0 Å². The summed E-state index contributed by atoms with van der Waals surface area (Å²) in [6.07, 6.45) is 9.95. The summed E-state index contributed by atoms with van der Waals surface area (Å²) in [5, 5.41) is 9.71. The highest BCUT2D eigenvalue weighted by Crippen LogP contribution is 2.13. The predicted octanol–water partition coefficient (Wildman–Crippen LogP) is 0.921. The first-order valence-electron chi connectivity index (χ1n) is 4.67. The maximum atomic E-state index is 9.71. The van der Waals surface area contributed by atoms with Crippen molar-refractivity contribution in [2.24, 2.45) is 0 Å². The second-order valence-corrected chi connectivity index (χ2v) is 3.05. The maximum absolute atomic E-state index is 9.71. The molecule has 4 nitrogen and oxygen atoms in total. The Morgan fingerprint density at radius 1 is 1.13 bits per heavy atom. The number of hydrogen-bond donors (Lipinski definition) is 1. The highest BCUT2D eigenvalue weighted by atomic mass is 16.5. The smallest absolute Gasteiger partial charge is 0.532 e. The van der Waals surface area contributed by atoms with Crippen molar-refractivity contribution in [2.75, 3.05) is 13.2 Å². The molecule has 0 bridgehead atoms. The monoisotopic (exact) mass is 206 g/mol. The van der Waals surface area contributed by atoms with Crippen LogP contribution in [-0.2, 0) is 14.1 Å². The van der Waals surface area contributed by atoms with E-state index in [-0.39, 0.29) is 0 Å². The molecule has 0 saturated heterocycles. The van der Waals surface area contributed by atoms with E-state index in [9.17, 15) is 5.02 Å². The van der Waals surface area contributed by atoms with Gasteiger partial charge in [-0.3, -0.25) is 0 Å². The van der Waals surface area contributed by atoms with Crippen LogP contribution in [0.2, 0.25) is 0 Å². The summed E-state index contributed by atoms with van der Waals surface area (Å²) >= 11 is 0. The number of ether oxygens (including phenoxy) is 2. The van der Waals surface area contributed by atoms with Gasteiger partial charge in [0, 0.05) is 6.08 Å². The summed E-state index contributed by atoms with van der Waals surface area (Å²) in [5.41, 5.74) is 0.696. The molecule has 0 atom stereocenters. The molecule has 0 spiro atoms. The van der Waals surface area contributed by atoms with E-state index in [0.717, 1.165) is 0 Å². The third-order valence-electron chi connectivity index (χ3n) is 2.01. The summed E-state index contributed by atoms with van der Waals surface area (Å²) in [4.78, 5) is 0. The third-order valence-corrected chi connectivity index (χ3v) is 2.01. The highest BCUT2D eigenvalue weighted by Gasteiger charge is 2.21. The minimum absolute atomic E-state index is 0.463. The van der Waals surface area contributed by atoms with Gasteiger partial charge in [-0.2, -0.15) is 0 Å². The minimum atomic E-state index is -0.959. The van der Waals surface area contributed by atoms with Crippen molar-refractivity contribution in [1.29, 1.82) is 0 Å². The van der Waals surface area contributed by atoms with Crippen LogP contribution in [0.15, 0.2) is 48.1 Å². The Morgan fingerprint density at radius 2 is 1.87 bits per heavy atom. The first kappa shape index (κ1) is 9.92. The molecule has 0 aliphatic carbocycles. The Bertz CT molecular complexity index is 343. The van der Waals surface area contributed by atoms with E-state index in [0.29, 0.717) is 24.4 Å². The average Bonchev–Trinajstić information content (AvgIpc) is 2.31. The molecule has 0 aromatic heterocycles. The van der Waals surface area contributed by atoms with Gasteiger partial charge in [-0.15, -0.1) is 0 Å². The zero-order valence-electron chi connectivity index (χ0n) is 8.13. The van der Waals surface area contributed by atoms with Crippen LogP contribution in [0.3, 0.4) is 0 Å². The van der Waals surface area contributed by atoms with Crippen molar-refractivity contribution in [3.63, 3.8) is 0 Å². The van der Waals surface area contributed by atoms with Gasteiger partial charge in [-0.05, 0) is 23.7 Å². The summed E-state index contributed by atoms with van der Waals surface area (Å²) in [6, 6.07) is 0. The molecule has 0 fully saturated rings. The Hall–Kier alpha value is -1.62. The lowest BCUT2D eigenvalue weighted by atomic mass is 9.78. The maximum Gasteiger partial charge on any atom is 0.559 e. The van der Waals surface area contributed by atoms with Crippen LogP contribution >= 0.6 is 0 Å². The van der Waals surface area contributed by atoms with E-state index in [1.165, 1.54) is 12.5 Å². The van der Waals surface area contributed by atoms with E-state index < -0.39 is 7.12 Å². The van der Waals surface area contributed by atoms with Gasteiger partial charge in [0.1, 0.15) is 19.0 Å². The summed E-state index contributed by atoms with van der Waals surface area (Å²) < 4.78 is 15.2. The molecule has 15 heavy (non-hydrogen) atoms. The standard InChI is InChI=1S/C10H11BO4/c12-11(9-1-5-13-6-2-9)15-10-3-7-14-8-4-10/h1-5,7,12H,6,8H2. The largest absolute Gasteiger partial charge is 0.559 e. The molecular weight excluding hydrogens is 195 g/mol. The topological polar surface area (TPSA) is 47.9 Å². The van der Waals surface area contributed by atoms with E-state index in [2.05, 4.69) is 0 Å². The molecule has 2 rings (SSSR count). The SMILES string of the molecule is OB(OC1=CCOC=C1)C1=CCOC=C1. The molecule has 2 aliphatic heterocycles. The molecule has 0 unspecified atom stereocenters. The molecule has 0 amide bonds. The van der Waals surface area contributed by atoms with E-state index >= 15 is 0 Å². The fourth-order valence-corrected chi connectivity index (χ4v) is 1.23. The zero-order valence-corrected chi connectivity index (χ0v) is 8.13. The fraction of sp³-hybridized carbons (Fsp3) is 0.200. The van der Waals surface area contributed by atoms with Gasteiger partial charge >= 0.3 is 7.12 Å². The lowest BCUT2D eigenvalue weighted by molar-refractivity contribution is 0.266. The minimum Gasteiger partial charge on any atom is -0.532 e. The molecule has 0 aromatic carbocycles. The van der Waals surface area contributed by atoms with Crippen molar-refractivity contribution >= 4 is 7.12 Å². The molecule has 0 radical (unpaired) electrons. The van der Waals surface area contributed by atoms with Crippen LogP contribution in [0.1, 0.15) is 0 Å². The first-order chi connectivity index (χ1) is 7.36. The van der Waals surface area contributed by atoms with Crippen LogP contribution in [0.5, 0.6) is 0 Å². The molecule has 2 aliphatic rings. The van der Waals surface area contributed by atoms with Crippen molar-refractivity contribution in [1.82, 2.24) is 0 Å². The normalized spacial score (nSPS) is 18.5. The molecule has 5 heteroatoms.